The standard InChI is InChI=1S/C10H16N2O/c1-2-8-12(10(11)13)9-6-4-3-5-7-9/h1,9H,3-8H2,(H2,11,13). The van der Waals surface area contributed by atoms with Gasteiger partial charge in [-0.3, -0.25) is 0 Å². The maximum atomic E-state index is 11.0. The fraction of sp³-hybridized carbons (Fsp3) is 0.700. The average Bonchev–Trinajstić information content (AvgIpc) is 2.15. The van der Waals surface area contributed by atoms with Gasteiger partial charge in [-0.05, 0) is 12.8 Å². The normalized spacial score (nSPS) is 17.8. The van der Waals surface area contributed by atoms with Crippen LogP contribution in [-0.4, -0.2) is 23.5 Å². The van der Waals surface area contributed by atoms with Crippen LogP contribution in [0, 0.1) is 12.3 Å². The van der Waals surface area contributed by atoms with E-state index in [9.17, 15) is 4.79 Å². The van der Waals surface area contributed by atoms with Crippen LogP contribution in [0.1, 0.15) is 32.1 Å². The Morgan fingerprint density at radius 3 is 2.54 bits per heavy atom. The third-order valence-electron chi connectivity index (χ3n) is 2.56. The summed E-state index contributed by atoms with van der Waals surface area (Å²) in [6.07, 6.45) is 10.9. The van der Waals surface area contributed by atoms with Crippen molar-refractivity contribution in [3.8, 4) is 12.3 Å². The zero-order chi connectivity index (χ0) is 9.68. The van der Waals surface area contributed by atoms with Gasteiger partial charge < -0.3 is 10.6 Å². The molecule has 2 N–H and O–H groups in total. The largest absolute Gasteiger partial charge is 0.351 e. The number of hydrogen-bond acceptors (Lipinski definition) is 1. The van der Waals surface area contributed by atoms with E-state index < -0.39 is 0 Å². The molecule has 3 heteroatoms. The van der Waals surface area contributed by atoms with Gasteiger partial charge in [0.15, 0.2) is 0 Å². The minimum Gasteiger partial charge on any atom is -0.351 e. The quantitative estimate of drug-likeness (QED) is 0.640. The van der Waals surface area contributed by atoms with E-state index in [1.165, 1.54) is 19.3 Å². The van der Waals surface area contributed by atoms with E-state index in [1.54, 1.807) is 4.90 Å². The van der Waals surface area contributed by atoms with E-state index in [1.807, 2.05) is 0 Å². The Morgan fingerprint density at radius 2 is 2.08 bits per heavy atom. The third-order valence-corrected chi connectivity index (χ3v) is 2.56. The summed E-state index contributed by atoms with van der Waals surface area (Å²) in [7, 11) is 0. The van der Waals surface area contributed by atoms with Crippen LogP contribution in [0.15, 0.2) is 0 Å². The van der Waals surface area contributed by atoms with Gasteiger partial charge in [0.2, 0.25) is 0 Å². The summed E-state index contributed by atoms with van der Waals surface area (Å²) in [5.74, 6) is 2.47. The number of amides is 2. The van der Waals surface area contributed by atoms with Gasteiger partial charge in [-0.25, -0.2) is 4.79 Å². The Labute approximate surface area is 79.3 Å². The Bertz CT molecular complexity index is 213. The molecule has 72 valence electrons. The highest BCUT2D eigenvalue weighted by Crippen LogP contribution is 2.21. The second-order valence-electron chi connectivity index (χ2n) is 3.46. The average molecular weight is 180 g/mol. The van der Waals surface area contributed by atoms with Crippen LogP contribution in [-0.2, 0) is 0 Å². The van der Waals surface area contributed by atoms with E-state index in [0.29, 0.717) is 6.54 Å². The first-order valence-electron chi connectivity index (χ1n) is 4.75. The summed E-state index contributed by atoms with van der Waals surface area (Å²) >= 11 is 0. The molecule has 3 nitrogen and oxygen atoms in total. The van der Waals surface area contributed by atoms with Crippen molar-refractivity contribution in [2.45, 2.75) is 38.1 Å². The number of hydrogen-bond donors (Lipinski definition) is 1. The first-order valence-corrected chi connectivity index (χ1v) is 4.75. The van der Waals surface area contributed by atoms with Crippen molar-refractivity contribution < 1.29 is 4.79 Å². The molecule has 0 aromatic heterocycles. The Balaban J connectivity index is 2.52. The van der Waals surface area contributed by atoms with Crippen molar-refractivity contribution in [1.29, 1.82) is 0 Å². The summed E-state index contributed by atoms with van der Waals surface area (Å²) in [5, 5.41) is 0. The number of carbonyl (C=O) groups excluding carboxylic acids is 1. The van der Waals surface area contributed by atoms with Gasteiger partial charge in [0, 0.05) is 6.04 Å². The van der Waals surface area contributed by atoms with E-state index in [-0.39, 0.29) is 12.1 Å². The van der Waals surface area contributed by atoms with Gasteiger partial charge in [-0.1, -0.05) is 25.2 Å². The molecule has 0 unspecified atom stereocenters. The van der Waals surface area contributed by atoms with Crippen LogP contribution in [0.2, 0.25) is 0 Å². The molecule has 13 heavy (non-hydrogen) atoms. The monoisotopic (exact) mass is 180 g/mol. The van der Waals surface area contributed by atoms with Gasteiger partial charge in [-0.15, -0.1) is 6.42 Å². The summed E-state index contributed by atoms with van der Waals surface area (Å²) in [6.45, 7) is 0.347. The number of urea groups is 1. The zero-order valence-electron chi connectivity index (χ0n) is 7.83. The minimum atomic E-state index is -0.384. The number of primary amides is 1. The molecule has 0 aromatic rings. The number of terminal acetylenes is 1. The van der Waals surface area contributed by atoms with E-state index in [4.69, 9.17) is 12.2 Å². The SMILES string of the molecule is C#CCN(C(N)=O)C1CCCCC1. The maximum absolute atomic E-state index is 11.0. The number of carbonyl (C=O) groups is 1. The van der Waals surface area contributed by atoms with Gasteiger partial charge in [-0.2, -0.15) is 0 Å². The van der Waals surface area contributed by atoms with E-state index >= 15 is 0 Å². The smallest absolute Gasteiger partial charge is 0.315 e. The van der Waals surface area contributed by atoms with Crippen LogP contribution >= 0.6 is 0 Å². The lowest BCUT2D eigenvalue weighted by Crippen LogP contribution is -2.44. The second kappa shape index (κ2) is 4.76. The Hall–Kier alpha value is -1.17. The van der Waals surface area contributed by atoms with Crippen LogP contribution in [0.25, 0.3) is 0 Å². The predicted molar refractivity (Wildman–Crippen MR) is 52.0 cm³/mol. The molecule has 0 aromatic carbocycles. The van der Waals surface area contributed by atoms with Gasteiger partial charge in [0.25, 0.3) is 0 Å². The van der Waals surface area contributed by atoms with Crippen LogP contribution in [0.4, 0.5) is 4.79 Å². The number of rotatable bonds is 2. The van der Waals surface area contributed by atoms with Gasteiger partial charge >= 0.3 is 6.03 Å². The molecular weight excluding hydrogens is 164 g/mol. The molecule has 0 atom stereocenters. The molecule has 0 radical (unpaired) electrons. The predicted octanol–water partition coefficient (Wildman–Crippen LogP) is 1.33. The molecule has 0 aliphatic heterocycles. The summed E-state index contributed by atoms with van der Waals surface area (Å²) in [5.41, 5.74) is 5.25. The van der Waals surface area contributed by atoms with Crippen molar-refractivity contribution in [3.05, 3.63) is 0 Å². The Kier molecular flexibility index (Phi) is 3.63. The van der Waals surface area contributed by atoms with E-state index in [2.05, 4.69) is 5.92 Å². The highest BCUT2D eigenvalue weighted by Gasteiger charge is 2.22. The topological polar surface area (TPSA) is 46.3 Å². The number of nitrogens with two attached hydrogens (primary N) is 1. The zero-order valence-corrected chi connectivity index (χ0v) is 7.83. The molecule has 0 spiro atoms. The highest BCUT2D eigenvalue weighted by molar-refractivity contribution is 5.72. The molecule has 1 aliphatic carbocycles. The molecule has 0 saturated heterocycles. The molecule has 2 amide bonds. The molecule has 0 heterocycles. The lowest BCUT2D eigenvalue weighted by molar-refractivity contribution is 0.174. The summed E-state index contributed by atoms with van der Waals surface area (Å²) in [6, 6.07) is -0.104. The fourth-order valence-corrected chi connectivity index (χ4v) is 1.88. The van der Waals surface area contributed by atoms with Crippen molar-refractivity contribution in [2.24, 2.45) is 5.73 Å². The van der Waals surface area contributed by atoms with Gasteiger partial charge in [0.05, 0.1) is 6.54 Å². The molecule has 1 aliphatic rings. The van der Waals surface area contributed by atoms with Crippen LogP contribution < -0.4 is 5.73 Å². The number of nitrogens with zero attached hydrogens (tertiary/aromatic N) is 1. The lowest BCUT2D eigenvalue weighted by Gasteiger charge is -2.31. The Morgan fingerprint density at radius 1 is 1.46 bits per heavy atom. The summed E-state index contributed by atoms with van der Waals surface area (Å²) in [4.78, 5) is 12.7. The second-order valence-corrected chi connectivity index (χ2v) is 3.46. The minimum absolute atomic E-state index is 0.280. The molecule has 1 saturated carbocycles. The first kappa shape index (κ1) is 9.91. The highest BCUT2D eigenvalue weighted by atomic mass is 16.2. The van der Waals surface area contributed by atoms with Crippen molar-refractivity contribution >= 4 is 6.03 Å². The molecular formula is C10H16N2O. The summed E-state index contributed by atoms with van der Waals surface area (Å²) < 4.78 is 0. The van der Waals surface area contributed by atoms with Gasteiger partial charge in [0.1, 0.15) is 0 Å². The third kappa shape index (κ3) is 2.66. The lowest BCUT2D eigenvalue weighted by atomic mass is 9.94. The first-order chi connectivity index (χ1) is 6.25. The van der Waals surface area contributed by atoms with E-state index in [0.717, 1.165) is 12.8 Å². The fourth-order valence-electron chi connectivity index (χ4n) is 1.88. The maximum Gasteiger partial charge on any atom is 0.315 e. The van der Waals surface area contributed by atoms with Crippen molar-refractivity contribution in [3.63, 3.8) is 0 Å². The molecule has 1 fully saturated rings. The van der Waals surface area contributed by atoms with Crippen molar-refractivity contribution in [1.82, 2.24) is 4.90 Å². The van der Waals surface area contributed by atoms with Crippen molar-refractivity contribution in [2.75, 3.05) is 6.54 Å². The van der Waals surface area contributed by atoms with Crippen LogP contribution in [0.5, 0.6) is 0 Å². The molecule has 1 rings (SSSR count). The van der Waals surface area contributed by atoms with Crippen LogP contribution in [0.3, 0.4) is 0 Å². The molecule has 0 bridgehead atoms.